The Balaban J connectivity index is -0.000000579. The summed E-state index contributed by atoms with van der Waals surface area (Å²) in [4.78, 5) is 0.348. The molecule has 0 aliphatic rings. The molecule has 1 N–H and O–H groups in total. The fourth-order valence-electron chi connectivity index (χ4n) is 1.04. The molecule has 0 amide bonds. The van der Waals surface area contributed by atoms with Gasteiger partial charge in [0.25, 0.3) is 0 Å². The van der Waals surface area contributed by atoms with Gasteiger partial charge in [0.2, 0.25) is 10.0 Å². The number of sulfonamides is 1. The molecule has 4 heteroatoms. The van der Waals surface area contributed by atoms with Crippen molar-refractivity contribution >= 4 is 10.0 Å². The first-order valence-electron chi connectivity index (χ1n) is 6.91. The lowest BCUT2D eigenvalue weighted by atomic mass is 10.3. The Hall–Kier alpha value is -0.870. The normalized spacial score (nSPS) is 11.3. The van der Waals surface area contributed by atoms with Gasteiger partial charge in [-0.05, 0) is 25.8 Å². The van der Waals surface area contributed by atoms with Gasteiger partial charge in [-0.2, -0.15) is 0 Å². The molecule has 0 aromatic rings. The van der Waals surface area contributed by atoms with Crippen LogP contribution in [0, 0.1) is 0 Å². The van der Waals surface area contributed by atoms with E-state index in [1.165, 1.54) is 0 Å². The van der Waals surface area contributed by atoms with Crippen molar-refractivity contribution in [1.82, 2.24) is 4.72 Å². The van der Waals surface area contributed by atoms with Crippen LogP contribution in [0.15, 0.2) is 36.3 Å². The quantitative estimate of drug-likeness (QED) is 0.429. The number of nitrogens with one attached hydrogen (secondary N) is 1. The van der Waals surface area contributed by atoms with Crippen molar-refractivity contribution < 1.29 is 8.42 Å². The number of unbranched alkanes of at least 4 members (excludes halogenated alkanes) is 1. The predicted octanol–water partition coefficient (Wildman–Crippen LogP) is 4.40. The molecule has 0 atom stereocenters. The molecule has 0 aliphatic heterocycles. The highest BCUT2D eigenvalue weighted by molar-refractivity contribution is 7.93. The van der Waals surface area contributed by atoms with E-state index in [1.807, 2.05) is 33.8 Å². The van der Waals surface area contributed by atoms with Crippen molar-refractivity contribution in [1.29, 1.82) is 0 Å². The Morgan fingerprint density at radius 2 is 1.74 bits per heavy atom. The monoisotopic (exact) mass is 289 g/mol. The molecule has 0 rings (SSSR count). The van der Waals surface area contributed by atoms with Gasteiger partial charge < -0.3 is 0 Å². The van der Waals surface area contributed by atoms with Crippen molar-refractivity contribution in [2.24, 2.45) is 0 Å². The third-order valence-corrected chi connectivity index (χ3v) is 3.51. The Kier molecular flexibility index (Phi) is 21.0. The second-order valence-corrected chi connectivity index (χ2v) is 5.02. The zero-order valence-electron chi connectivity index (χ0n) is 13.2. The molecule has 0 spiro atoms. The second-order valence-electron chi connectivity index (χ2n) is 3.25. The van der Waals surface area contributed by atoms with Gasteiger partial charge in [-0.15, -0.1) is 13.2 Å². The summed E-state index contributed by atoms with van der Waals surface area (Å²) in [6.07, 6.45) is 7.79. The van der Waals surface area contributed by atoms with E-state index >= 15 is 0 Å². The van der Waals surface area contributed by atoms with Crippen LogP contribution in [0.5, 0.6) is 0 Å². The van der Waals surface area contributed by atoms with Crippen LogP contribution in [0.4, 0.5) is 0 Å². The smallest absolute Gasteiger partial charge is 0.211 e. The molecular formula is C15H31NO2S. The minimum Gasteiger partial charge on any atom is -0.211 e. The second kappa shape index (κ2) is 17.1. The maximum atomic E-state index is 11.7. The minimum absolute atomic E-state index is 0.348. The van der Waals surface area contributed by atoms with Crippen LogP contribution in [0.2, 0.25) is 0 Å². The minimum atomic E-state index is -3.29. The van der Waals surface area contributed by atoms with Crippen molar-refractivity contribution in [3.63, 3.8) is 0 Å². The molecule has 0 saturated carbocycles. The predicted molar refractivity (Wildman–Crippen MR) is 87.6 cm³/mol. The molecule has 19 heavy (non-hydrogen) atoms. The highest BCUT2D eigenvalue weighted by Crippen LogP contribution is 2.06. The third-order valence-electron chi connectivity index (χ3n) is 1.94. The molecule has 0 fully saturated rings. The van der Waals surface area contributed by atoms with Gasteiger partial charge in [-0.25, -0.2) is 13.1 Å². The van der Waals surface area contributed by atoms with Gasteiger partial charge in [0.15, 0.2) is 0 Å². The van der Waals surface area contributed by atoms with Crippen LogP contribution in [-0.4, -0.2) is 15.0 Å². The average molecular weight is 289 g/mol. The molecular weight excluding hydrogens is 258 g/mol. The van der Waals surface area contributed by atoms with E-state index in [0.29, 0.717) is 11.4 Å². The first-order chi connectivity index (χ1) is 9.08. The maximum Gasteiger partial charge on any atom is 0.240 e. The molecule has 0 heterocycles. The molecule has 114 valence electrons. The molecule has 3 nitrogen and oxygen atoms in total. The average Bonchev–Trinajstić information content (AvgIpc) is 2.44. The SMILES string of the molecule is C/C=C(\C=C/CC)S(=O)(=O)NCCCC.C=C.CC. The van der Waals surface area contributed by atoms with Gasteiger partial charge >= 0.3 is 0 Å². The van der Waals surface area contributed by atoms with Crippen LogP contribution in [0.1, 0.15) is 53.9 Å². The zero-order valence-corrected chi connectivity index (χ0v) is 14.0. The van der Waals surface area contributed by atoms with Crippen LogP contribution >= 0.6 is 0 Å². The Morgan fingerprint density at radius 1 is 1.21 bits per heavy atom. The number of hydrogen-bond donors (Lipinski definition) is 1. The fraction of sp³-hybridized carbons (Fsp3) is 0.600. The Morgan fingerprint density at radius 3 is 2.11 bits per heavy atom. The van der Waals surface area contributed by atoms with Crippen molar-refractivity contribution in [2.75, 3.05) is 6.54 Å². The maximum absolute atomic E-state index is 11.7. The van der Waals surface area contributed by atoms with Gasteiger partial charge in [-0.1, -0.05) is 46.3 Å². The van der Waals surface area contributed by atoms with E-state index in [-0.39, 0.29) is 0 Å². The van der Waals surface area contributed by atoms with Gasteiger partial charge in [0.05, 0.1) is 4.91 Å². The first-order valence-corrected chi connectivity index (χ1v) is 8.39. The summed E-state index contributed by atoms with van der Waals surface area (Å²) in [5.41, 5.74) is 0. The summed E-state index contributed by atoms with van der Waals surface area (Å²) in [6, 6.07) is 0. The summed E-state index contributed by atoms with van der Waals surface area (Å²) < 4.78 is 26.0. The fourth-order valence-corrected chi connectivity index (χ4v) is 2.21. The summed E-state index contributed by atoms with van der Waals surface area (Å²) in [5, 5.41) is 0. The largest absolute Gasteiger partial charge is 0.240 e. The lowest BCUT2D eigenvalue weighted by molar-refractivity contribution is 0.585. The molecule has 0 aliphatic carbocycles. The van der Waals surface area contributed by atoms with E-state index in [9.17, 15) is 8.42 Å². The van der Waals surface area contributed by atoms with Crippen molar-refractivity contribution in [3.8, 4) is 0 Å². The van der Waals surface area contributed by atoms with Crippen LogP contribution in [0.3, 0.4) is 0 Å². The van der Waals surface area contributed by atoms with E-state index in [2.05, 4.69) is 17.9 Å². The van der Waals surface area contributed by atoms with Gasteiger partial charge in [0.1, 0.15) is 0 Å². The van der Waals surface area contributed by atoms with E-state index < -0.39 is 10.0 Å². The van der Waals surface area contributed by atoms with Crippen LogP contribution in [-0.2, 0) is 10.0 Å². The van der Waals surface area contributed by atoms with Crippen molar-refractivity contribution in [3.05, 3.63) is 36.3 Å². The van der Waals surface area contributed by atoms with Crippen molar-refractivity contribution in [2.45, 2.75) is 53.9 Å². The Bertz CT molecular complexity index is 330. The summed E-state index contributed by atoms with van der Waals surface area (Å²) in [6.45, 7) is 16.2. The number of allylic oxidation sites excluding steroid dienone is 3. The van der Waals surface area contributed by atoms with Crippen LogP contribution < -0.4 is 4.72 Å². The van der Waals surface area contributed by atoms with E-state index in [0.717, 1.165) is 19.3 Å². The van der Waals surface area contributed by atoms with E-state index in [4.69, 9.17) is 0 Å². The highest BCUT2D eigenvalue weighted by atomic mass is 32.2. The van der Waals surface area contributed by atoms with Crippen LogP contribution in [0.25, 0.3) is 0 Å². The zero-order chi connectivity index (χ0) is 15.7. The lowest BCUT2D eigenvalue weighted by Gasteiger charge is -2.06. The Labute approximate surface area is 120 Å². The summed E-state index contributed by atoms with van der Waals surface area (Å²) >= 11 is 0. The molecule has 0 radical (unpaired) electrons. The molecule has 0 unspecified atom stereocenters. The summed E-state index contributed by atoms with van der Waals surface area (Å²) in [5.74, 6) is 0. The standard InChI is InChI=1S/C11H21NO2S.C2H6.C2H4/c1-4-7-9-11(6-3)15(13,14)12-10-8-5-2;2*1-2/h6-7,9,12H,4-5,8,10H2,1-3H3;1-2H3;1-2H2/b9-7-,11-6+;;. The highest BCUT2D eigenvalue weighted by Gasteiger charge is 2.12. The summed E-state index contributed by atoms with van der Waals surface area (Å²) in [7, 11) is -3.29. The molecule has 0 saturated heterocycles. The van der Waals surface area contributed by atoms with E-state index in [1.54, 1.807) is 19.1 Å². The first kappa shape index (κ1) is 23.2. The number of hydrogen-bond acceptors (Lipinski definition) is 2. The van der Waals surface area contributed by atoms with Gasteiger partial charge in [0, 0.05) is 6.54 Å². The number of rotatable bonds is 7. The topological polar surface area (TPSA) is 46.2 Å². The molecule has 0 aromatic carbocycles. The van der Waals surface area contributed by atoms with Gasteiger partial charge in [-0.3, -0.25) is 0 Å². The third kappa shape index (κ3) is 13.4. The molecule has 0 bridgehead atoms. The lowest BCUT2D eigenvalue weighted by Crippen LogP contribution is -2.25. The molecule has 0 aromatic heterocycles.